The molecule has 0 saturated heterocycles. The van der Waals surface area contributed by atoms with Crippen LogP contribution >= 0.6 is 11.8 Å². The first-order chi connectivity index (χ1) is 6.75. The fourth-order valence-corrected chi connectivity index (χ4v) is 1.73. The molecule has 2 aromatic rings. The van der Waals surface area contributed by atoms with Crippen LogP contribution in [0.1, 0.15) is 5.69 Å². The van der Waals surface area contributed by atoms with Crippen LogP contribution in [0.15, 0.2) is 39.3 Å². The number of aromatic nitrogens is 2. The Bertz CT molecular complexity index is 428. The molecule has 0 saturated carbocycles. The lowest BCUT2D eigenvalue weighted by Gasteiger charge is -2.01. The van der Waals surface area contributed by atoms with Gasteiger partial charge in [0.1, 0.15) is 11.3 Å². The summed E-state index contributed by atoms with van der Waals surface area (Å²) in [5, 5.41) is 1.28. The second kappa shape index (κ2) is 3.71. The molecule has 2 heterocycles. The van der Waals surface area contributed by atoms with Crippen LogP contribution in [0.4, 0.5) is 5.69 Å². The number of pyridine rings is 1. The van der Waals surface area contributed by atoms with E-state index in [1.54, 1.807) is 6.20 Å². The van der Waals surface area contributed by atoms with Crippen molar-refractivity contribution < 1.29 is 4.42 Å². The van der Waals surface area contributed by atoms with Gasteiger partial charge in [-0.25, -0.2) is 9.97 Å². The van der Waals surface area contributed by atoms with E-state index in [0.717, 1.165) is 10.7 Å². The predicted molar refractivity (Wildman–Crippen MR) is 54.0 cm³/mol. The molecule has 0 fully saturated rings. The third-order valence-corrected chi connectivity index (χ3v) is 2.52. The molecular formula is C9H9N3OS. The SMILES string of the molecule is Cc1ccc(N)c(Sc2ncco2)n1. The Hall–Kier alpha value is -1.49. The molecule has 0 aliphatic heterocycles. The quantitative estimate of drug-likeness (QED) is 0.817. The fourth-order valence-electron chi connectivity index (χ4n) is 0.969. The van der Waals surface area contributed by atoms with E-state index < -0.39 is 0 Å². The smallest absolute Gasteiger partial charge is 0.262 e. The van der Waals surface area contributed by atoms with Crippen LogP contribution < -0.4 is 5.73 Å². The summed E-state index contributed by atoms with van der Waals surface area (Å²) in [5.41, 5.74) is 7.32. The van der Waals surface area contributed by atoms with E-state index >= 15 is 0 Å². The number of rotatable bonds is 2. The van der Waals surface area contributed by atoms with Crippen LogP contribution in [0.5, 0.6) is 0 Å². The lowest BCUT2D eigenvalue weighted by molar-refractivity contribution is 0.454. The molecule has 72 valence electrons. The molecule has 0 spiro atoms. The van der Waals surface area contributed by atoms with Crippen LogP contribution in [-0.2, 0) is 0 Å². The topological polar surface area (TPSA) is 64.9 Å². The highest BCUT2D eigenvalue weighted by Crippen LogP contribution is 2.28. The molecule has 14 heavy (non-hydrogen) atoms. The molecular weight excluding hydrogens is 198 g/mol. The summed E-state index contributed by atoms with van der Waals surface area (Å²) in [6, 6.07) is 3.70. The van der Waals surface area contributed by atoms with Crippen LogP contribution in [0.2, 0.25) is 0 Å². The van der Waals surface area contributed by atoms with Crippen molar-refractivity contribution >= 4 is 17.4 Å². The van der Waals surface area contributed by atoms with Gasteiger partial charge in [-0.2, -0.15) is 0 Å². The van der Waals surface area contributed by atoms with Crippen molar-refractivity contribution in [2.75, 3.05) is 5.73 Å². The minimum Gasteiger partial charge on any atom is -0.440 e. The average Bonchev–Trinajstić information content (AvgIpc) is 2.64. The monoisotopic (exact) mass is 207 g/mol. The molecule has 0 bridgehead atoms. The molecule has 0 aliphatic rings. The highest BCUT2D eigenvalue weighted by Gasteiger charge is 2.06. The van der Waals surface area contributed by atoms with Gasteiger partial charge in [-0.1, -0.05) is 0 Å². The Labute approximate surface area is 85.6 Å². The lowest BCUT2D eigenvalue weighted by Crippen LogP contribution is -1.93. The van der Waals surface area contributed by atoms with Gasteiger partial charge in [0.2, 0.25) is 0 Å². The van der Waals surface area contributed by atoms with Crippen molar-refractivity contribution in [3.05, 3.63) is 30.3 Å². The maximum atomic E-state index is 5.75. The number of hydrogen-bond donors (Lipinski definition) is 1. The first kappa shape index (κ1) is 9.08. The summed E-state index contributed by atoms with van der Waals surface area (Å²) in [6.07, 6.45) is 3.11. The summed E-state index contributed by atoms with van der Waals surface area (Å²) in [6.45, 7) is 1.92. The first-order valence-electron chi connectivity index (χ1n) is 4.06. The van der Waals surface area contributed by atoms with Crippen LogP contribution in [0, 0.1) is 6.92 Å². The first-order valence-corrected chi connectivity index (χ1v) is 4.88. The van der Waals surface area contributed by atoms with E-state index in [1.807, 2.05) is 19.1 Å². The number of hydrogen-bond acceptors (Lipinski definition) is 5. The van der Waals surface area contributed by atoms with E-state index in [1.165, 1.54) is 18.0 Å². The minimum absolute atomic E-state index is 0.551. The molecule has 2 N–H and O–H groups in total. The standard InChI is InChI=1S/C9H9N3OS/c1-6-2-3-7(10)8(12-6)14-9-11-4-5-13-9/h2-5H,10H2,1H3. The Balaban J connectivity index is 2.28. The summed E-state index contributed by atoms with van der Waals surface area (Å²) in [5.74, 6) is 0. The minimum atomic E-state index is 0.551. The number of oxazole rings is 1. The molecule has 0 aliphatic carbocycles. The second-order valence-electron chi connectivity index (χ2n) is 2.75. The molecule has 0 aromatic carbocycles. The van der Waals surface area contributed by atoms with Gasteiger partial charge in [-0.05, 0) is 30.8 Å². The van der Waals surface area contributed by atoms with Crippen molar-refractivity contribution in [1.29, 1.82) is 0 Å². The van der Waals surface area contributed by atoms with Crippen molar-refractivity contribution in [3.8, 4) is 0 Å². The molecule has 0 radical (unpaired) electrons. The van der Waals surface area contributed by atoms with E-state index in [2.05, 4.69) is 9.97 Å². The van der Waals surface area contributed by atoms with Gasteiger partial charge in [0.25, 0.3) is 5.22 Å². The number of nitrogens with two attached hydrogens (primary N) is 1. The van der Waals surface area contributed by atoms with E-state index in [0.29, 0.717) is 10.9 Å². The summed E-state index contributed by atoms with van der Waals surface area (Å²) in [4.78, 5) is 8.27. The van der Waals surface area contributed by atoms with Crippen molar-refractivity contribution in [3.63, 3.8) is 0 Å². The van der Waals surface area contributed by atoms with E-state index in [9.17, 15) is 0 Å². The van der Waals surface area contributed by atoms with Crippen molar-refractivity contribution in [2.45, 2.75) is 17.2 Å². The van der Waals surface area contributed by atoms with Gasteiger partial charge in [0, 0.05) is 5.69 Å². The fraction of sp³-hybridized carbons (Fsp3) is 0.111. The molecule has 2 aromatic heterocycles. The van der Waals surface area contributed by atoms with Gasteiger partial charge < -0.3 is 10.2 Å². The van der Waals surface area contributed by atoms with Gasteiger partial charge in [0.05, 0.1) is 11.9 Å². The largest absolute Gasteiger partial charge is 0.440 e. The number of nitrogens with zero attached hydrogens (tertiary/aromatic N) is 2. The van der Waals surface area contributed by atoms with Gasteiger partial charge in [0.15, 0.2) is 0 Å². The second-order valence-corrected chi connectivity index (χ2v) is 3.69. The highest BCUT2D eigenvalue weighted by atomic mass is 32.2. The third kappa shape index (κ3) is 1.88. The maximum absolute atomic E-state index is 5.75. The van der Waals surface area contributed by atoms with Crippen molar-refractivity contribution in [1.82, 2.24) is 9.97 Å². The molecule has 0 amide bonds. The zero-order chi connectivity index (χ0) is 9.97. The number of anilines is 1. The maximum Gasteiger partial charge on any atom is 0.262 e. The number of aryl methyl sites for hydroxylation is 1. The van der Waals surface area contributed by atoms with Gasteiger partial charge >= 0.3 is 0 Å². The average molecular weight is 207 g/mol. The van der Waals surface area contributed by atoms with E-state index in [4.69, 9.17) is 10.2 Å². The molecule has 4 nitrogen and oxygen atoms in total. The van der Waals surface area contributed by atoms with Gasteiger partial charge in [-0.3, -0.25) is 0 Å². The van der Waals surface area contributed by atoms with E-state index in [-0.39, 0.29) is 0 Å². The molecule has 2 rings (SSSR count). The Morgan fingerprint density at radius 1 is 1.43 bits per heavy atom. The van der Waals surface area contributed by atoms with Crippen LogP contribution in [-0.4, -0.2) is 9.97 Å². The van der Waals surface area contributed by atoms with Crippen LogP contribution in [0.3, 0.4) is 0 Å². The Morgan fingerprint density at radius 2 is 2.29 bits per heavy atom. The Kier molecular flexibility index (Phi) is 2.41. The highest BCUT2D eigenvalue weighted by molar-refractivity contribution is 7.99. The Morgan fingerprint density at radius 3 is 3.00 bits per heavy atom. The lowest BCUT2D eigenvalue weighted by atomic mass is 10.3. The summed E-state index contributed by atoms with van der Waals surface area (Å²) in [7, 11) is 0. The normalized spacial score (nSPS) is 10.4. The third-order valence-electron chi connectivity index (χ3n) is 1.62. The van der Waals surface area contributed by atoms with Crippen molar-refractivity contribution in [2.24, 2.45) is 0 Å². The summed E-state index contributed by atoms with van der Waals surface area (Å²) >= 11 is 1.32. The molecule has 5 heteroatoms. The summed E-state index contributed by atoms with van der Waals surface area (Å²) < 4.78 is 5.09. The predicted octanol–water partition coefficient (Wildman–Crippen LogP) is 2.11. The van der Waals surface area contributed by atoms with Crippen LogP contribution in [0.25, 0.3) is 0 Å². The zero-order valence-electron chi connectivity index (χ0n) is 7.60. The zero-order valence-corrected chi connectivity index (χ0v) is 8.41. The molecule has 0 atom stereocenters. The number of nitrogen functional groups attached to an aromatic ring is 1. The van der Waals surface area contributed by atoms with Gasteiger partial charge in [-0.15, -0.1) is 0 Å². The molecule has 0 unspecified atom stereocenters.